The first kappa shape index (κ1) is 18.2. The van der Waals surface area contributed by atoms with E-state index in [2.05, 4.69) is 37.4 Å². The van der Waals surface area contributed by atoms with Crippen molar-refractivity contribution in [1.82, 2.24) is 5.32 Å². The van der Waals surface area contributed by atoms with Gasteiger partial charge in [0.2, 0.25) is 0 Å². The number of carboxylic acids is 1. The van der Waals surface area contributed by atoms with Gasteiger partial charge in [0, 0.05) is 18.0 Å². The van der Waals surface area contributed by atoms with Crippen molar-refractivity contribution in [3.63, 3.8) is 0 Å². The van der Waals surface area contributed by atoms with Crippen molar-refractivity contribution in [1.29, 1.82) is 0 Å². The molecule has 26 heavy (non-hydrogen) atoms. The number of carbonyl (C=O) groups is 2. The number of rotatable bonds is 5. The van der Waals surface area contributed by atoms with Crippen LogP contribution in [0.1, 0.15) is 65.4 Å². The van der Waals surface area contributed by atoms with Crippen molar-refractivity contribution in [3.05, 3.63) is 58.5 Å². The first-order valence-electron chi connectivity index (χ1n) is 8.96. The fourth-order valence-corrected chi connectivity index (χ4v) is 3.88. The van der Waals surface area contributed by atoms with Gasteiger partial charge >= 0.3 is 5.97 Å². The Morgan fingerprint density at radius 2 is 2.04 bits per heavy atom. The first-order valence-corrected chi connectivity index (χ1v) is 8.96. The maximum atomic E-state index is 12.6. The second-order valence-corrected chi connectivity index (χ2v) is 7.70. The largest absolute Gasteiger partial charge is 0.481 e. The molecule has 0 aliphatic heterocycles. The van der Waals surface area contributed by atoms with E-state index in [-0.39, 0.29) is 29.4 Å². The molecule has 2 aromatic rings. The van der Waals surface area contributed by atoms with Gasteiger partial charge in [-0.05, 0) is 36.3 Å². The van der Waals surface area contributed by atoms with Gasteiger partial charge in [-0.3, -0.25) is 9.59 Å². The fourth-order valence-electron chi connectivity index (χ4n) is 3.88. The molecule has 1 aliphatic rings. The van der Waals surface area contributed by atoms with E-state index in [1.165, 1.54) is 17.4 Å². The molecule has 0 fully saturated rings. The molecule has 1 unspecified atom stereocenters. The van der Waals surface area contributed by atoms with E-state index in [0.29, 0.717) is 17.7 Å². The molecule has 5 nitrogen and oxygen atoms in total. The molecular weight excluding hydrogens is 330 g/mol. The number of aliphatic carboxylic acids is 1. The predicted molar refractivity (Wildman–Crippen MR) is 98.6 cm³/mol. The normalized spacial score (nSPS) is 18.2. The van der Waals surface area contributed by atoms with Crippen molar-refractivity contribution in [2.45, 2.75) is 51.4 Å². The first-order chi connectivity index (χ1) is 12.3. The summed E-state index contributed by atoms with van der Waals surface area (Å²) in [6, 6.07) is 8.43. The molecule has 0 radical (unpaired) electrons. The minimum atomic E-state index is -1.02. The molecule has 1 amide bonds. The molecule has 1 aromatic heterocycles. The number of carbonyl (C=O) groups excluding carboxylic acids is 1. The quantitative estimate of drug-likeness (QED) is 0.855. The molecule has 0 spiro atoms. The molecule has 3 rings (SSSR count). The van der Waals surface area contributed by atoms with Crippen LogP contribution in [-0.4, -0.2) is 23.5 Å². The SMILES string of the molecule is Cc1coc(CC(=O)O)c1C(=O)NCC1CCC(C)(C)c2ccccc21. The summed E-state index contributed by atoms with van der Waals surface area (Å²) in [6.45, 7) is 6.80. The number of hydrogen-bond donors (Lipinski definition) is 2. The fraction of sp³-hybridized carbons (Fsp3) is 0.429. The van der Waals surface area contributed by atoms with Crippen LogP contribution in [0.3, 0.4) is 0 Å². The van der Waals surface area contributed by atoms with E-state index >= 15 is 0 Å². The third kappa shape index (κ3) is 3.52. The topological polar surface area (TPSA) is 79.5 Å². The molecule has 2 N–H and O–H groups in total. The Morgan fingerprint density at radius 1 is 1.31 bits per heavy atom. The summed E-state index contributed by atoms with van der Waals surface area (Å²) in [5.74, 6) is -0.817. The van der Waals surface area contributed by atoms with Crippen LogP contribution in [0, 0.1) is 6.92 Å². The Morgan fingerprint density at radius 3 is 2.77 bits per heavy atom. The minimum Gasteiger partial charge on any atom is -0.481 e. The predicted octanol–water partition coefficient (Wildman–Crippen LogP) is 3.80. The average molecular weight is 355 g/mol. The molecule has 5 heteroatoms. The lowest BCUT2D eigenvalue weighted by molar-refractivity contribution is -0.136. The van der Waals surface area contributed by atoms with Gasteiger partial charge in [-0.25, -0.2) is 0 Å². The van der Waals surface area contributed by atoms with Crippen LogP contribution < -0.4 is 5.32 Å². The van der Waals surface area contributed by atoms with Gasteiger partial charge in [-0.1, -0.05) is 38.1 Å². The molecule has 0 saturated carbocycles. The van der Waals surface area contributed by atoms with Crippen LogP contribution in [0.2, 0.25) is 0 Å². The maximum absolute atomic E-state index is 12.6. The number of hydrogen-bond acceptors (Lipinski definition) is 3. The van der Waals surface area contributed by atoms with Gasteiger partial charge in [-0.2, -0.15) is 0 Å². The Kier molecular flexibility index (Phi) is 4.90. The molecule has 0 bridgehead atoms. The molecular formula is C21H25NO4. The highest BCUT2D eigenvalue weighted by Crippen LogP contribution is 2.42. The van der Waals surface area contributed by atoms with Crippen molar-refractivity contribution >= 4 is 11.9 Å². The summed E-state index contributed by atoms with van der Waals surface area (Å²) in [5.41, 5.74) is 3.78. The van der Waals surface area contributed by atoms with Crippen LogP contribution in [0.25, 0.3) is 0 Å². The van der Waals surface area contributed by atoms with Crippen molar-refractivity contribution in [2.75, 3.05) is 6.54 Å². The van der Waals surface area contributed by atoms with Crippen LogP contribution in [0.5, 0.6) is 0 Å². The number of carboxylic acid groups (broad SMARTS) is 1. The summed E-state index contributed by atoms with van der Waals surface area (Å²) >= 11 is 0. The molecule has 1 aromatic carbocycles. The lowest BCUT2D eigenvalue weighted by Crippen LogP contribution is -2.34. The Labute approximate surface area is 153 Å². The summed E-state index contributed by atoms with van der Waals surface area (Å²) in [6.07, 6.45) is 3.22. The summed E-state index contributed by atoms with van der Waals surface area (Å²) in [7, 11) is 0. The highest BCUT2D eigenvalue weighted by molar-refractivity contribution is 5.97. The van der Waals surface area contributed by atoms with Gasteiger partial charge in [0.1, 0.15) is 12.2 Å². The Hall–Kier alpha value is -2.56. The highest BCUT2D eigenvalue weighted by atomic mass is 16.4. The number of benzene rings is 1. The molecule has 1 atom stereocenters. The van der Waals surface area contributed by atoms with Crippen molar-refractivity contribution in [2.24, 2.45) is 0 Å². The zero-order valence-corrected chi connectivity index (χ0v) is 15.5. The number of furan rings is 1. The van der Waals surface area contributed by atoms with Gasteiger partial charge in [0.25, 0.3) is 5.91 Å². The third-order valence-electron chi connectivity index (χ3n) is 5.35. The van der Waals surface area contributed by atoms with E-state index in [9.17, 15) is 9.59 Å². The number of nitrogens with one attached hydrogen (secondary N) is 1. The van der Waals surface area contributed by atoms with Crippen LogP contribution in [-0.2, 0) is 16.6 Å². The van der Waals surface area contributed by atoms with Crippen LogP contribution >= 0.6 is 0 Å². The van der Waals surface area contributed by atoms with Crippen molar-refractivity contribution in [3.8, 4) is 0 Å². The Balaban J connectivity index is 1.75. The lowest BCUT2D eigenvalue weighted by atomic mass is 9.69. The van der Waals surface area contributed by atoms with Crippen molar-refractivity contribution < 1.29 is 19.1 Å². The van der Waals surface area contributed by atoms with Crippen LogP contribution in [0.4, 0.5) is 0 Å². The van der Waals surface area contributed by atoms with Gasteiger partial charge in [0.05, 0.1) is 11.8 Å². The summed E-state index contributed by atoms with van der Waals surface area (Å²) < 4.78 is 5.26. The molecule has 138 valence electrons. The van der Waals surface area contributed by atoms with Gasteiger partial charge in [-0.15, -0.1) is 0 Å². The zero-order valence-electron chi connectivity index (χ0n) is 15.5. The Bertz CT molecular complexity index is 834. The second kappa shape index (κ2) is 6.98. The van der Waals surface area contributed by atoms with E-state index in [1.54, 1.807) is 6.92 Å². The lowest BCUT2D eigenvalue weighted by Gasteiger charge is -2.37. The number of amides is 1. The van der Waals surface area contributed by atoms with E-state index in [1.807, 2.05) is 6.07 Å². The summed E-state index contributed by atoms with van der Waals surface area (Å²) in [5, 5.41) is 12.0. The van der Waals surface area contributed by atoms with Gasteiger partial charge in [0.15, 0.2) is 0 Å². The third-order valence-corrected chi connectivity index (χ3v) is 5.35. The highest BCUT2D eigenvalue weighted by Gasteiger charge is 2.32. The van der Waals surface area contributed by atoms with E-state index in [4.69, 9.17) is 9.52 Å². The minimum absolute atomic E-state index is 0.146. The van der Waals surface area contributed by atoms with E-state index in [0.717, 1.165) is 12.8 Å². The number of aryl methyl sites for hydroxylation is 1. The second-order valence-electron chi connectivity index (χ2n) is 7.70. The smallest absolute Gasteiger partial charge is 0.311 e. The zero-order chi connectivity index (χ0) is 18.9. The molecule has 1 heterocycles. The van der Waals surface area contributed by atoms with Crippen LogP contribution in [0.15, 0.2) is 34.9 Å². The number of fused-ring (bicyclic) bond motifs is 1. The molecule has 0 saturated heterocycles. The maximum Gasteiger partial charge on any atom is 0.311 e. The average Bonchev–Trinajstić information content (AvgIpc) is 2.94. The van der Waals surface area contributed by atoms with E-state index < -0.39 is 5.97 Å². The standard InChI is InChI=1S/C21H25NO4/c1-13-12-26-17(10-18(23)24)19(13)20(25)22-11-14-8-9-21(2,3)16-7-5-4-6-15(14)16/h4-7,12,14H,8-11H2,1-3H3,(H,22,25)(H,23,24). The van der Waals surface area contributed by atoms with Gasteiger partial charge < -0.3 is 14.8 Å². The summed E-state index contributed by atoms with van der Waals surface area (Å²) in [4.78, 5) is 23.6. The monoisotopic (exact) mass is 355 g/mol. The molecule has 1 aliphatic carbocycles.